The van der Waals surface area contributed by atoms with Gasteiger partial charge in [0.1, 0.15) is 16.8 Å². The van der Waals surface area contributed by atoms with Crippen LogP contribution in [0.3, 0.4) is 0 Å². The second-order valence-electron chi connectivity index (χ2n) is 10.8. The zero-order valence-corrected chi connectivity index (χ0v) is 23.0. The van der Waals surface area contributed by atoms with Gasteiger partial charge in [0, 0.05) is 43.7 Å². The number of hydrogen-bond donors (Lipinski definition) is 1. The second kappa shape index (κ2) is 12.0. The fourth-order valence-corrected chi connectivity index (χ4v) is 5.62. The first kappa shape index (κ1) is 27.6. The molecule has 0 radical (unpaired) electrons. The molecule has 1 aliphatic heterocycles. The summed E-state index contributed by atoms with van der Waals surface area (Å²) in [7, 11) is 0. The number of aromatic nitrogens is 1. The van der Waals surface area contributed by atoms with E-state index < -0.39 is 17.4 Å². The first-order valence-corrected chi connectivity index (χ1v) is 14.3. The average molecular weight is 545 g/mol. The smallest absolute Gasteiger partial charge is 0.316 e. The van der Waals surface area contributed by atoms with Gasteiger partial charge in [-0.2, -0.15) is 0 Å². The van der Waals surface area contributed by atoms with Crippen molar-refractivity contribution < 1.29 is 23.6 Å². The highest BCUT2D eigenvalue weighted by Gasteiger charge is 2.45. The Balaban J connectivity index is 1.37. The maximum Gasteiger partial charge on any atom is 0.316 e. The van der Waals surface area contributed by atoms with E-state index in [1.807, 2.05) is 25.1 Å². The van der Waals surface area contributed by atoms with Crippen molar-refractivity contribution in [1.82, 2.24) is 15.2 Å². The summed E-state index contributed by atoms with van der Waals surface area (Å²) in [5.74, 6) is -1.19. The highest BCUT2D eigenvalue weighted by Crippen LogP contribution is 2.32. The van der Waals surface area contributed by atoms with E-state index in [0.29, 0.717) is 61.9 Å². The fraction of sp³-hybridized carbons (Fsp3) is 0.452. The quantitative estimate of drug-likeness (QED) is 0.402. The van der Waals surface area contributed by atoms with Crippen LogP contribution in [-0.4, -0.2) is 58.6 Å². The number of unbranched alkanes of at least 4 members (excludes halogenated alkanes) is 1. The second-order valence-corrected chi connectivity index (χ2v) is 10.8. The molecule has 1 aromatic heterocycles. The summed E-state index contributed by atoms with van der Waals surface area (Å²) in [6.07, 6.45) is 5.92. The van der Waals surface area contributed by atoms with Gasteiger partial charge in [-0.05, 0) is 55.7 Å². The highest BCUT2D eigenvalue weighted by molar-refractivity contribution is 6.08. The maximum atomic E-state index is 14.2. The third-order valence-corrected chi connectivity index (χ3v) is 7.99. The molecular weight excluding hydrogens is 508 g/mol. The Morgan fingerprint density at radius 2 is 1.70 bits per heavy atom. The number of Topliss-reactive ketones (excluding diaryl/α,β-unsaturated/α-hetero) is 1. The van der Waals surface area contributed by atoms with Crippen molar-refractivity contribution in [1.29, 1.82) is 0 Å². The third kappa shape index (κ3) is 5.78. The number of nitrogens with one attached hydrogen (secondary N) is 1. The number of anilines is 1. The lowest BCUT2D eigenvalue weighted by atomic mass is 9.80. The summed E-state index contributed by atoms with van der Waals surface area (Å²) in [5, 5.41) is 3.05. The van der Waals surface area contributed by atoms with Gasteiger partial charge in [-0.1, -0.05) is 44.7 Å². The summed E-state index contributed by atoms with van der Waals surface area (Å²) in [6.45, 7) is 3.56. The molecule has 2 heterocycles. The Morgan fingerprint density at radius 3 is 2.38 bits per heavy atom. The first-order chi connectivity index (χ1) is 19.4. The molecule has 2 aromatic carbocycles. The Labute approximate surface area is 233 Å². The van der Waals surface area contributed by atoms with E-state index in [2.05, 4.69) is 15.2 Å². The Hall–Kier alpha value is -4.01. The molecule has 0 atom stereocenters. The molecule has 40 heavy (non-hydrogen) atoms. The van der Waals surface area contributed by atoms with Gasteiger partial charge >= 0.3 is 5.91 Å². The van der Waals surface area contributed by atoms with Gasteiger partial charge < -0.3 is 14.6 Å². The SMILES string of the molecule is CCCCN(C(=O)c1nc2ccccc2o1)C(=O)C1(NC(=O)c2ccc(N3CCC(=O)CC3)cc2)CCCCC1. The number of piperidine rings is 1. The Morgan fingerprint density at radius 1 is 1.00 bits per heavy atom. The molecule has 9 heteroatoms. The van der Waals surface area contributed by atoms with Crippen molar-refractivity contribution in [3.8, 4) is 0 Å². The van der Waals surface area contributed by atoms with E-state index in [4.69, 9.17) is 4.42 Å². The van der Waals surface area contributed by atoms with Crippen molar-refractivity contribution >= 4 is 40.3 Å². The van der Waals surface area contributed by atoms with Crippen LogP contribution >= 0.6 is 0 Å². The number of benzene rings is 2. The lowest BCUT2D eigenvalue weighted by Gasteiger charge is -2.39. The van der Waals surface area contributed by atoms with E-state index in [0.717, 1.165) is 31.4 Å². The van der Waals surface area contributed by atoms with Crippen LogP contribution in [0.15, 0.2) is 52.9 Å². The minimum absolute atomic E-state index is 0.127. The third-order valence-electron chi connectivity index (χ3n) is 7.99. The summed E-state index contributed by atoms with van der Waals surface area (Å²) in [5.41, 5.74) is 1.25. The van der Waals surface area contributed by atoms with Crippen LogP contribution in [0.1, 0.15) is 85.8 Å². The van der Waals surface area contributed by atoms with Crippen molar-refractivity contribution in [3.63, 3.8) is 0 Å². The number of hydrogen-bond acceptors (Lipinski definition) is 7. The van der Waals surface area contributed by atoms with E-state index in [1.165, 1.54) is 4.90 Å². The van der Waals surface area contributed by atoms with Crippen LogP contribution in [0.25, 0.3) is 11.1 Å². The predicted molar refractivity (Wildman–Crippen MR) is 151 cm³/mol. The zero-order chi connectivity index (χ0) is 28.1. The molecule has 1 aliphatic carbocycles. The Kier molecular flexibility index (Phi) is 8.28. The van der Waals surface area contributed by atoms with Crippen LogP contribution < -0.4 is 10.2 Å². The topological polar surface area (TPSA) is 113 Å². The normalized spacial score (nSPS) is 17.0. The van der Waals surface area contributed by atoms with Crippen LogP contribution in [0.2, 0.25) is 0 Å². The number of carbonyl (C=O) groups is 4. The van der Waals surface area contributed by atoms with Crippen molar-refractivity contribution in [3.05, 3.63) is 60.0 Å². The van der Waals surface area contributed by atoms with Crippen LogP contribution in [0.5, 0.6) is 0 Å². The molecule has 3 amide bonds. The number of rotatable bonds is 8. The molecular formula is C31H36N4O5. The minimum atomic E-state index is -1.18. The van der Waals surface area contributed by atoms with Gasteiger partial charge in [-0.3, -0.25) is 24.1 Å². The molecule has 210 valence electrons. The molecule has 0 unspecified atom stereocenters. The summed E-state index contributed by atoms with van der Waals surface area (Å²) >= 11 is 0. The van der Waals surface area contributed by atoms with E-state index in [-0.39, 0.29) is 24.1 Å². The van der Waals surface area contributed by atoms with Crippen molar-refractivity contribution in [2.45, 2.75) is 70.3 Å². The molecule has 1 N–H and O–H groups in total. The first-order valence-electron chi connectivity index (χ1n) is 14.3. The standard InChI is InChI=1S/C31H36N4O5/c1-2-3-19-35(29(38)28-32-25-9-5-6-10-26(25)40-28)30(39)31(17-7-4-8-18-31)33-27(37)22-11-13-23(14-12-22)34-20-15-24(36)16-21-34/h5-6,9-14H,2-4,7-8,15-21H2,1H3,(H,33,37). The van der Waals surface area contributed by atoms with Crippen molar-refractivity contribution in [2.24, 2.45) is 0 Å². The molecule has 2 fully saturated rings. The van der Waals surface area contributed by atoms with Gasteiger partial charge in [-0.25, -0.2) is 4.98 Å². The molecule has 2 aliphatic rings. The van der Waals surface area contributed by atoms with E-state index in [1.54, 1.807) is 30.3 Å². The van der Waals surface area contributed by atoms with Crippen LogP contribution in [0.4, 0.5) is 5.69 Å². The molecule has 5 rings (SSSR count). The average Bonchev–Trinajstić information content (AvgIpc) is 3.43. The summed E-state index contributed by atoms with van der Waals surface area (Å²) < 4.78 is 5.71. The number of amides is 3. The molecule has 9 nitrogen and oxygen atoms in total. The number of oxazole rings is 1. The number of nitrogens with zero attached hydrogens (tertiary/aromatic N) is 3. The van der Waals surface area contributed by atoms with Gasteiger partial charge in [0.2, 0.25) is 0 Å². The number of fused-ring (bicyclic) bond motifs is 1. The largest absolute Gasteiger partial charge is 0.432 e. The van der Waals surface area contributed by atoms with Gasteiger partial charge in [-0.15, -0.1) is 0 Å². The molecule has 1 saturated carbocycles. The van der Waals surface area contributed by atoms with Gasteiger partial charge in [0.15, 0.2) is 5.58 Å². The van der Waals surface area contributed by atoms with E-state index >= 15 is 0 Å². The highest BCUT2D eigenvalue weighted by atomic mass is 16.4. The maximum absolute atomic E-state index is 14.2. The number of imide groups is 1. The lowest BCUT2D eigenvalue weighted by Crippen LogP contribution is -2.61. The summed E-state index contributed by atoms with van der Waals surface area (Å²) in [4.78, 5) is 60.6. The minimum Gasteiger partial charge on any atom is -0.432 e. The molecule has 1 saturated heterocycles. The van der Waals surface area contributed by atoms with Crippen LogP contribution in [-0.2, 0) is 9.59 Å². The molecule has 0 bridgehead atoms. The number of para-hydroxylation sites is 2. The summed E-state index contributed by atoms with van der Waals surface area (Å²) in [6, 6.07) is 14.4. The lowest BCUT2D eigenvalue weighted by molar-refractivity contribution is -0.137. The fourth-order valence-electron chi connectivity index (χ4n) is 5.62. The number of ketones is 1. The number of carbonyl (C=O) groups excluding carboxylic acids is 4. The van der Waals surface area contributed by atoms with E-state index in [9.17, 15) is 19.2 Å². The molecule has 0 spiro atoms. The van der Waals surface area contributed by atoms with Gasteiger partial charge in [0.05, 0.1) is 0 Å². The van der Waals surface area contributed by atoms with Gasteiger partial charge in [0.25, 0.3) is 17.7 Å². The zero-order valence-electron chi connectivity index (χ0n) is 23.0. The van der Waals surface area contributed by atoms with Crippen LogP contribution in [0, 0.1) is 0 Å². The van der Waals surface area contributed by atoms with Crippen molar-refractivity contribution in [2.75, 3.05) is 24.5 Å². The molecule has 3 aromatic rings. The Bertz CT molecular complexity index is 1350. The monoisotopic (exact) mass is 544 g/mol. The predicted octanol–water partition coefficient (Wildman–Crippen LogP) is 4.90.